The first-order chi connectivity index (χ1) is 7.79. The van der Waals surface area contributed by atoms with Crippen molar-refractivity contribution in [3.63, 3.8) is 0 Å². The van der Waals surface area contributed by atoms with Crippen LogP contribution in [0, 0.1) is 0 Å². The molecule has 0 bridgehead atoms. The molecule has 1 atom stereocenters. The Kier molecular flexibility index (Phi) is 3.47. The summed E-state index contributed by atoms with van der Waals surface area (Å²) in [5.74, 6) is -0.262. The monoisotopic (exact) mass is 232 g/mol. The fourth-order valence-electron chi connectivity index (χ4n) is 1.44. The Balaban J connectivity index is 2.14. The molecule has 3 heteroatoms. The van der Waals surface area contributed by atoms with Crippen LogP contribution in [0.25, 0.3) is 0 Å². The zero-order chi connectivity index (χ0) is 11.4. The topological polar surface area (TPSA) is 26.3 Å². The summed E-state index contributed by atoms with van der Waals surface area (Å²) in [6, 6.07) is 9.95. The average Bonchev–Trinajstić information content (AvgIpc) is 2.61. The lowest BCUT2D eigenvalue weighted by molar-refractivity contribution is -0.137. The van der Waals surface area contributed by atoms with Crippen molar-refractivity contribution >= 4 is 17.7 Å². The van der Waals surface area contributed by atoms with Crippen LogP contribution in [-0.2, 0) is 9.53 Å². The highest BCUT2D eigenvalue weighted by Crippen LogP contribution is 2.33. The standard InChI is InChI=1S/C13H12O2S/c1-2-6-11-12(9-13(14)15-11)16-10-7-4-3-5-8-10/h2-9,11H,1H3. The minimum atomic E-state index is -0.262. The van der Waals surface area contributed by atoms with Gasteiger partial charge in [-0.3, -0.25) is 0 Å². The Bertz CT molecular complexity index is 435. The number of hydrogen-bond acceptors (Lipinski definition) is 3. The smallest absolute Gasteiger partial charge is 0.332 e. The molecule has 0 N–H and O–H groups in total. The van der Waals surface area contributed by atoms with E-state index in [-0.39, 0.29) is 12.1 Å². The molecule has 0 spiro atoms. The lowest BCUT2D eigenvalue weighted by Crippen LogP contribution is -2.06. The Labute approximate surface area is 99.0 Å². The number of thioether (sulfide) groups is 1. The molecule has 1 aliphatic rings. The van der Waals surface area contributed by atoms with Gasteiger partial charge >= 0.3 is 5.97 Å². The summed E-state index contributed by atoms with van der Waals surface area (Å²) < 4.78 is 5.15. The predicted molar refractivity (Wildman–Crippen MR) is 65.1 cm³/mol. The zero-order valence-electron chi connectivity index (χ0n) is 8.92. The highest BCUT2D eigenvalue weighted by atomic mass is 32.2. The van der Waals surface area contributed by atoms with Crippen LogP contribution in [0.4, 0.5) is 0 Å². The van der Waals surface area contributed by atoms with Crippen molar-refractivity contribution in [2.75, 3.05) is 0 Å². The van der Waals surface area contributed by atoms with Crippen LogP contribution in [0.5, 0.6) is 0 Å². The molecule has 0 amide bonds. The van der Waals surface area contributed by atoms with Crippen molar-refractivity contribution in [2.24, 2.45) is 0 Å². The number of cyclic esters (lactones) is 1. The summed E-state index contributed by atoms with van der Waals surface area (Å²) in [5, 5.41) is 0. The minimum Gasteiger partial charge on any atom is -0.449 e. The summed E-state index contributed by atoms with van der Waals surface area (Å²) >= 11 is 1.57. The van der Waals surface area contributed by atoms with Crippen molar-refractivity contribution in [3.8, 4) is 0 Å². The fraction of sp³-hybridized carbons (Fsp3) is 0.154. The molecule has 0 aliphatic carbocycles. The Morgan fingerprint density at radius 3 is 2.75 bits per heavy atom. The van der Waals surface area contributed by atoms with E-state index >= 15 is 0 Å². The molecule has 82 valence electrons. The molecule has 1 aromatic rings. The van der Waals surface area contributed by atoms with Gasteiger partial charge in [-0.05, 0) is 25.1 Å². The molecule has 16 heavy (non-hydrogen) atoms. The summed E-state index contributed by atoms with van der Waals surface area (Å²) in [6.07, 6.45) is 5.11. The molecule has 1 aliphatic heterocycles. The van der Waals surface area contributed by atoms with E-state index in [0.29, 0.717) is 0 Å². The van der Waals surface area contributed by atoms with E-state index in [9.17, 15) is 4.79 Å². The summed E-state index contributed by atoms with van der Waals surface area (Å²) in [5.41, 5.74) is 0. The maximum atomic E-state index is 11.2. The normalized spacial score (nSPS) is 19.9. The molecule has 0 saturated carbocycles. The SMILES string of the molecule is CC=CC1OC(=O)C=C1Sc1ccccc1. The van der Waals surface area contributed by atoms with Crippen LogP contribution < -0.4 is 0 Å². The number of carbonyl (C=O) groups is 1. The van der Waals surface area contributed by atoms with E-state index in [4.69, 9.17) is 4.74 Å². The summed E-state index contributed by atoms with van der Waals surface area (Å²) in [4.78, 5) is 13.2. The van der Waals surface area contributed by atoms with Gasteiger partial charge in [-0.25, -0.2) is 4.79 Å². The molecule has 1 aromatic carbocycles. The number of esters is 1. The molecule has 0 aromatic heterocycles. The van der Waals surface area contributed by atoms with Gasteiger partial charge in [0.15, 0.2) is 6.10 Å². The average molecular weight is 232 g/mol. The first-order valence-corrected chi connectivity index (χ1v) is 5.89. The quantitative estimate of drug-likeness (QED) is 0.591. The van der Waals surface area contributed by atoms with Gasteiger partial charge in [0.2, 0.25) is 0 Å². The third-order valence-electron chi connectivity index (χ3n) is 2.13. The highest BCUT2D eigenvalue weighted by Gasteiger charge is 2.24. The Hall–Kier alpha value is -1.48. The van der Waals surface area contributed by atoms with E-state index in [1.54, 1.807) is 17.8 Å². The highest BCUT2D eigenvalue weighted by molar-refractivity contribution is 8.03. The molecule has 2 rings (SSSR count). The minimum absolute atomic E-state index is 0.220. The number of ether oxygens (including phenoxy) is 1. The van der Waals surface area contributed by atoms with Crippen molar-refractivity contribution in [1.29, 1.82) is 0 Å². The fourth-order valence-corrected chi connectivity index (χ4v) is 2.40. The van der Waals surface area contributed by atoms with E-state index in [0.717, 1.165) is 9.80 Å². The first kappa shape index (κ1) is 11.0. The second kappa shape index (κ2) is 5.03. The van der Waals surface area contributed by atoms with E-state index in [2.05, 4.69) is 0 Å². The van der Waals surface area contributed by atoms with Gasteiger partial charge in [-0.1, -0.05) is 36.0 Å². The first-order valence-electron chi connectivity index (χ1n) is 5.07. The maximum Gasteiger partial charge on any atom is 0.332 e. The van der Waals surface area contributed by atoms with Crippen molar-refractivity contribution in [2.45, 2.75) is 17.9 Å². The Morgan fingerprint density at radius 2 is 2.06 bits per heavy atom. The molecule has 1 unspecified atom stereocenters. The number of hydrogen-bond donors (Lipinski definition) is 0. The Morgan fingerprint density at radius 1 is 1.31 bits per heavy atom. The van der Waals surface area contributed by atoms with E-state index in [1.165, 1.54) is 0 Å². The summed E-state index contributed by atoms with van der Waals surface area (Å²) in [7, 11) is 0. The van der Waals surface area contributed by atoms with E-state index in [1.807, 2.05) is 49.4 Å². The van der Waals surface area contributed by atoms with Gasteiger partial charge in [0, 0.05) is 15.9 Å². The molecule has 0 fully saturated rings. The van der Waals surface area contributed by atoms with Gasteiger partial charge in [0.05, 0.1) is 0 Å². The van der Waals surface area contributed by atoms with Gasteiger partial charge in [0.1, 0.15) is 0 Å². The lowest BCUT2D eigenvalue weighted by Gasteiger charge is -2.08. The second-order valence-corrected chi connectivity index (χ2v) is 4.49. The number of benzene rings is 1. The van der Waals surface area contributed by atoms with Gasteiger partial charge in [-0.15, -0.1) is 0 Å². The maximum absolute atomic E-state index is 11.2. The van der Waals surface area contributed by atoms with Gasteiger partial charge in [0.25, 0.3) is 0 Å². The molecule has 0 radical (unpaired) electrons. The zero-order valence-corrected chi connectivity index (χ0v) is 9.74. The largest absolute Gasteiger partial charge is 0.449 e. The van der Waals surface area contributed by atoms with Crippen LogP contribution in [0.15, 0.2) is 58.4 Å². The number of carbonyl (C=O) groups excluding carboxylic acids is 1. The van der Waals surface area contributed by atoms with Gasteiger partial charge in [-0.2, -0.15) is 0 Å². The third kappa shape index (κ3) is 2.55. The van der Waals surface area contributed by atoms with Crippen LogP contribution in [0.3, 0.4) is 0 Å². The van der Waals surface area contributed by atoms with Crippen LogP contribution in [0.1, 0.15) is 6.92 Å². The van der Waals surface area contributed by atoms with Crippen molar-refractivity contribution in [1.82, 2.24) is 0 Å². The number of allylic oxidation sites excluding steroid dienone is 1. The molecule has 0 saturated heterocycles. The summed E-state index contributed by atoms with van der Waals surface area (Å²) in [6.45, 7) is 1.91. The van der Waals surface area contributed by atoms with Crippen molar-refractivity contribution < 1.29 is 9.53 Å². The molecular weight excluding hydrogens is 220 g/mol. The van der Waals surface area contributed by atoms with Crippen molar-refractivity contribution in [3.05, 3.63) is 53.5 Å². The van der Waals surface area contributed by atoms with E-state index < -0.39 is 0 Å². The third-order valence-corrected chi connectivity index (χ3v) is 3.22. The molecule has 2 nitrogen and oxygen atoms in total. The lowest BCUT2D eigenvalue weighted by atomic mass is 10.3. The molecule has 1 heterocycles. The second-order valence-electron chi connectivity index (χ2n) is 3.35. The molecular formula is C13H12O2S. The van der Waals surface area contributed by atoms with Crippen LogP contribution in [0.2, 0.25) is 0 Å². The van der Waals surface area contributed by atoms with Crippen LogP contribution in [-0.4, -0.2) is 12.1 Å². The van der Waals surface area contributed by atoms with Crippen LogP contribution >= 0.6 is 11.8 Å². The predicted octanol–water partition coefficient (Wildman–Crippen LogP) is 3.16. The number of rotatable bonds is 3. The van der Waals surface area contributed by atoms with Gasteiger partial charge < -0.3 is 4.74 Å².